The minimum absolute atomic E-state index is 0. The van der Waals surface area contributed by atoms with Gasteiger partial charge in [0.2, 0.25) is 0 Å². The van der Waals surface area contributed by atoms with Crippen LogP contribution >= 0.6 is 0 Å². The molecule has 0 rings (SSSR count). The Morgan fingerprint density at radius 2 is 1.62 bits per heavy atom. The fraction of sp³-hybridized carbons (Fsp3) is 0.833. The number of carbonyl (C=O) groups excluding carboxylic acids is 1. The summed E-state index contributed by atoms with van der Waals surface area (Å²) < 4.78 is 0. The lowest BCUT2D eigenvalue weighted by atomic mass is 10.1. The maximum atomic E-state index is 9.76. The van der Waals surface area contributed by atoms with E-state index in [0.29, 0.717) is 0 Å². The van der Waals surface area contributed by atoms with Crippen LogP contribution in [0.1, 0.15) is 0 Å². The maximum absolute atomic E-state index is 9.76. The summed E-state index contributed by atoms with van der Waals surface area (Å²) in [4.78, 5) is 9.76. The number of hydrogen-bond acceptors (Lipinski definition) is 6. The zero-order chi connectivity index (χ0) is 10.1. The van der Waals surface area contributed by atoms with Crippen molar-refractivity contribution < 1.29 is 35.8 Å². The van der Waals surface area contributed by atoms with E-state index in [1.807, 2.05) is 0 Å². The summed E-state index contributed by atoms with van der Waals surface area (Å²) in [6.07, 6.45) is -4.63. The van der Waals surface area contributed by atoms with Gasteiger partial charge in [0.15, 0.2) is 6.29 Å². The van der Waals surface area contributed by atoms with Crippen LogP contribution in [0.25, 0.3) is 0 Å². The fourth-order valence-corrected chi connectivity index (χ4v) is 0.416. The van der Waals surface area contributed by atoms with Crippen molar-refractivity contribution in [2.24, 2.45) is 0 Å². The van der Waals surface area contributed by atoms with Crippen molar-refractivity contribution in [3.63, 3.8) is 0 Å². The molecule has 0 bridgehead atoms. The second-order valence-electron chi connectivity index (χ2n) is 1.87. The molecule has 0 aromatic heterocycles. The Kier molecular flexibility index (Phi) is 16.1. The Balaban J connectivity index is -0.000000309. The monoisotopic (exact) mass is 200 g/mol. The molecule has 82 valence electrons. The van der Waals surface area contributed by atoms with E-state index in [9.17, 15) is 4.79 Å². The first kappa shape index (κ1) is 18.3. The number of aliphatic hydroxyl groups excluding tert-OH is 5. The van der Waals surface area contributed by atoms with Gasteiger partial charge in [0.25, 0.3) is 0 Å². The number of aldehydes is 1. The maximum Gasteiger partial charge on any atom is 0.151 e. The number of aliphatic hydroxyl groups is 5. The quantitative estimate of drug-likeness (QED) is 0.292. The average Bonchev–Trinajstić information content (AvgIpc) is 2.17. The molecule has 0 fully saturated rings. The molecule has 7 nitrogen and oxygen atoms in total. The van der Waals surface area contributed by atoms with Crippen molar-refractivity contribution >= 4 is 6.29 Å². The summed E-state index contributed by atoms with van der Waals surface area (Å²) in [6, 6.07) is 0. The number of rotatable bonds is 4. The van der Waals surface area contributed by atoms with Crippen LogP contribution in [0.15, 0.2) is 0 Å². The predicted octanol–water partition coefficient (Wildman–Crippen LogP) is -3.96. The molecule has 0 aliphatic rings. The Bertz CT molecular complexity index is 107. The molecule has 0 amide bonds. The highest BCUT2D eigenvalue weighted by atomic mass is 16.4. The molecule has 0 radical (unpaired) electrons. The van der Waals surface area contributed by atoms with Crippen LogP contribution in [0.2, 0.25) is 0 Å². The highest BCUT2D eigenvalue weighted by Crippen LogP contribution is 1.96. The van der Waals surface area contributed by atoms with Gasteiger partial charge in [0.1, 0.15) is 18.3 Å². The lowest BCUT2D eigenvalue weighted by molar-refractivity contribution is -0.127. The topological polar surface area (TPSA) is 150 Å². The molecule has 0 aromatic carbocycles. The summed E-state index contributed by atoms with van der Waals surface area (Å²) >= 11 is 0. The third kappa shape index (κ3) is 7.78. The van der Waals surface area contributed by atoms with Crippen LogP contribution in [-0.2, 0) is 4.79 Å². The van der Waals surface area contributed by atoms with Crippen LogP contribution in [0.4, 0.5) is 0 Å². The molecule has 0 aliphatic carbocycles. The van der Waals surface area contributed by atoms with Gasteiger partial charge in [0, 0.05) is 7.11 Å². The number of hydrogen-bond donors (Lipinski definition) is 5. The predicted molar refractivity (Wildman–Crippen MR) is 42.9 cm³/mol. The van der Waals surface area contributed by atoms with Gasteiger partial charge in [-0.05, 0) is 0 Å². The van der Waals surface area contributed by atoms with Gasteiger partial charge in [-0.25, -0.2) is 0 Å². The highest BCUT2D eigenvalue weighted by Gasteiger charge is 2.22. The molecule has 0 saturated carbocycles. The van der Waals surface area contributed by atoms with Crippen molar-refractivity contribution in [1.29, 1.82) is 0 Å². The van der Waals surface area contributed by atoms with Crippen molar-refractivity contribution in [3.05, 3.63) is 0 Å². The van der Waals surface area contributed by atoms with Crippen LogP contribution < -0.4 is 0 Å². The molecular weight excluding hydrogens is 184 g/mol. The van der Waals surface area contributed by atoms with E-state index < -0.39 is 24.9 Å². The highest BCUT2D eigenvalue weighted by molar-refractivity contribution is 5.56. The van der Waals surface area contributed by atoms with Crippen molar-refractivity contribution in [3.8, 4) is 0 Å². The first-order chi connectivity index (χ1) is 5.63. The standard InChI is InChI=1S/C5H10O5.CH4O.H2O/c6-1-3(8)5(10)4(9)2-7;1-2;/h1,3-5,7-10H,2H2;2H,1H3;1H2/t3-,4-,5+;;/m0../s1. The SMILES string of the molecule is CO.O.O=C[C@H](O)[C@@H](O)[C@@H](O)CO. The summed E-state index contributed by atoms with van der Waals surface area (Å²) in [7, 11) is 1.00. The molecule has 7 N–H and O–H groups in total. The van der Waals surface area contributed by atoms with Gasteiger partial charge in [-0.2, -0.15) is 0 Å². The van der Waals surface area contributed by atoms with E-state index >= 15 is 0 Å². The van der Waals surface area contributed by atoms with E-state index in [1.54, 1.807) is 0 Å². The van der Waals surface area contributed by atoms with Crippen LogP contribution in [0.5, 0.6) is 0 Å². The van der Waals surface area contributed by atoms with E-state index in [-0.39, 0.29) is 11.8 Å². The molecule has 0 spiro atoms. The van der Waals surface area contributed by atoms with Gasteiger partial charge < -0.3 is 35.8 Å². The first-order valence-corrected chi connectivity index (χ1v) is 3.18. The van der Waals surface area contributed by atoms with Crippen molar-refractivity contribution in [2.75, 3.05) is 13.7 Å². The van der Waals surface area contributed by atoms with E-state index in [1.165, 1.54) is 0 Å². The third-order valence-corrected chi connectivity index (χ3v) is 1.07. The van der Waals surface area contributed by atoms with Gasteiger partial charge in [-0.1, -0.05) is 0 Å². The van der Waals surface area contributed by atoms with E-state index in [2.05, 4.69) is 0 Å². The smallest absolute Gasteiger partial charge is 0.151 e. The van der Waals surface area contributed by atoms with E-state index in [0.717, 1.165) is 7.11 Å². The number of carbonyl (C=O) groups is 1. The van der Waals surface area contributed by atoms with Gasteiger partial charge in [-0.3, -0.25) is 0 Å². The van der Waals surface area contributed by atoms with Crippen LogP contribution in [0.3, 0.4) is 0 Å². The fourth-order valence-electron chi connectivity index (χ4n) is 0.416. The minimum Gasteiger partial charge on any atom is -0.412 e. The van der Waals surface area contributed by atoms with Crippen LogP contribution in [0, 0.1) is 0 Å². The summed E-state index contributed by atoms with van der Waals surface area (Å²) in [5.41, 5.74) is 0. The Morgan fingerprint density at radius 3 is 1.85 bits per heavy atom. The van der Waals surface area contributed by atoms with Gasteiger partial charge in [-0.15, -0.1) is 0 Å². The van der Waals surface area contributed by atoms with Crippen molar-refractivity contribution in [1.82, 2.24) is 0 Å². The lowest BCUT2D eigenvalue weighted by Gasteiger charge is -2.16. The van der Waals surface area contributed by atoms with Crippen LogP contribution in [-0.4, -0.2) is 69.3 Å². The van der Waals surface area contributed by atoms with Gasteiger partial charge >= 0.3 is 0 Å². The summed E-state index contributed by atoms with van der Waals surface area (Å²) in [6.45, 7) is -0.688. The molecule has 0 heterocycles. The second kappa shape index (κ2) is 11.4. The molecular formula is C6H16O7. The summed E-state index contributed by atoms with van der Waals surface area (Å²) in [5, 5.41) is 41.1. The molecule has 7 heteroatoms. The summed E-state index contributed by atoms with van der Waals surface area (Å²) in [5.74, 6) is 0. The molecule has 3 atom stereocenters. The normalized spacial score (nSPS) is 15.5. The zero-order valence-electron chi connectivity index (χ0n) is 7.16. The molecule has 0 aliphatic heterocycles. The second-order valence-corrected chi connectivity index (χ2v) is 1.87. The first-order valence-electron chi connectivity index (χ1n) is 3.18. The average molecular weight is 200 g/mol. The van der Waals surface area contributed by atoms with Crippen molar-refractivity contribution in [2.45, 2.75) is 18.3 Å². The molecule has 0 saturated heterocycles. The molecule has 13 heavy (non-hydrogen) atoms. The zero-order valence-corrected chi connectivity index (χ0v) is 7.16. The lowest BCUT2D eigenvalue weighted by Crippen LogP contribution is -2.40. The largest absolute Gasteiger partial charge is 0.412 e. The Morgan fingerprint density at radius 1 is 1.23 bits per heavy atom. The Hall–Kier alpha value is -0.570. The molecule has 0 unspecified atom stereocenters. The van der Waals surface area contributed by atoms with E-state index in [4.69, 9.17) is 25.5 Å². The van der Waals surface area contributed by atoms with Gasteiger partial charge in [0.05, 0.1) is 6.61 Å². The molecule has 0 aromatic rings. The third-order valence-electron chi connectivity index (χ3n) is 1.07. The minimum atomic E-state index is -1.64. The Labute approximate surface area is 75.2 Å².